The molecule has 2 rings (SSSR count). The van der Waals surface area contributed by atoms with Gasteiger partial charge in [-0.15, -0.1) is 0 Å². The smallest absolute Gasteiger partial charge is 0.401 e. The van der Waals surface area contributed by atoms with Gasteiger partial charge in [0.1, 0.15) is 5.75 Å². The van der Waals surface area contributed by atoms with Crippen molar-refractivity contribution >= 4 is 11.7 Å². The summed E-state index contributed by atoms with van der Waals surface area (Å²) in [5.74, 6) is 0.569. The molecular weight excluding hydrogens is 311 g/mol. The lowest BCUT2D eigenvalue weighted by atomic mass is 10.3. The van der Waals surface area contributed by atoms with E-state index in [0.29, 0.717) is 18.0 Å². The minimum atomic E-state index is -4.21. The number of piperazine rings is 1. The summed E-state index contributed by atoms with van der Waals surface area (Å²) in [7, 11) is 0. The van der Waals surface area contributed by atoms with Gasteiger partial charge in [-0.1, -0.05) is 12.1 Å². The SMILES string of the molecule is CCOc1ccccc1NC(=O)N1CCN(CC(F)(F)F)CC1. The van der Waals surface area contributed by atoms with Crippen molar-refractivity contribution in [1.29, 1.82) is 0 Å². The topological polar surface area (TPSA) is 44.8 Å². The largest absolute Gasteiger partial charge is 0.492 e. The van der Waals surface area contributed by atoms with Gasteiger partial charge in [0.2, 0.25) is 0 Å². The average Bonchev–Trinajstić information content (AvgIpc) is 2.48. The molecule has 1 aromatic rings. The molecule has 23 heavy (non-hydrogen) atoms. The van der Waals surface area contributed by atoms with E-state index in [2.05, 4.69) is 5.32 Å². The highest BCUT2D eigenvalue weighted by Crippen LogP contribution is 2.24. The van der Waals surface area contributed by atoms with Crippen LogP contribution in [-0.4, -0.2) is 61.3 Å². The number of anilines is 1. The molecule has 0 radical (unpaired) electrons. The molecule has 0 unspecified atom stereocenters. The summed E-state index contributed by atoms with van der Waals surface area (Å²) in [5.41, 5.74) is 0.553. The maximum absolute atomic E-state index is 12.4. The summed E-state index contributed by atoms with van der Waals surface area (Å²) in [4.78, 5) is 15.0. The summed E-state index contributed by atoms with van der Waals surface area (Å²) in [6.07, 6.45) is -4.21. The van der Waals surface area contributed by atoms with Crippen molar-refractivity contribution in [1.82, 2.24) is 9.80 Å². The van der Waals surface area contributed by atoms with Crippen LogP contribution in [0.4, 0.5) is 23.7 Å². The lowest BCUT2D eigenvalue weighted by Crippen LogP contribution is -2.51. The summed E-state index contributed by atoms with van der Waals surface area (Å²) >= 11 is 0. The molecule has 1 heterocycles. The Morgan fingerprint density at radius 1 is 1.22 bits per heavy atom. The highest BCUT2D eigenvalue weighted by atomic mass is 19.4. The quantitative estimate of drug-likeness (QED) is 0.923. The van der Waals surface area contributed by atoms with E-state index < -0.39 is 12.7 Å². The van der Waals surface area contributed by atoms with Crippen LogP contribution >= 0.6 is 0 Å². The van der Waals surface area contributed by atoms with E-state index >= 15 is 0 Å². The predicted octanol–water partition coefficient (Wildman–Crippen LogP) is 2.80. The highest BCUT2D eigenvalue weighted by molar-refractivity contribution is 5.91. The van der Waals surface area contributed by atoms with Crippen molar-refractivity contribution in [2.75, 3.05) is 44.6 Å². The number of ether oxygens (including phenoxy) is 1. The zero-order valence-corrected chi connectivity index (χ0v) is 12.9. The third kappa shape index (κ3) is 5.31. The Hall–Kier alpha value is -1.96. The Kier molecular flexibility index (Phi) is 5.70. The molecule has 8 heteroatoms. The van der Waals surface area contributed by atoms with Crippen molar-refractivity contribution in [2.24, 2.45) is 0 Å². The predicted molar refractivity (Wildman–Crippen MR) is 80.7 cm³/mol. The van der Waals surface area contributed by atoms with Gasteiger partial charge in [-0.05, 0) is 19.1 Å². The zero-order chi connectivity index (χ0) is 16.9. The minimum absolute atomic E-state index is 0.208. The first-order valence-corrected chi connectivity index (χ1v) is 7.46. The van der Waals surface area contributed by atoms with Crippen LogP contribution in [0.15, 0.2) is 24.3 Å². The molecular formula is C15H20F3N3O2. The minimum Gasteiger partial charge on any atom is -0.492 e. The molecule has 1 fully saturated rings. The van der Waals surface area contributed by atoms with Crippen molar-refractivity contribution in [3.63, 3.8) is 0 Å². The van der Waals surface area contributed by atoms with Crippen LogP contribution < -0.4 is 10.1 Å². The lowest BCUT2D eigenvalue weighted by Gasteiger charge is -2.35. The van der Waals surface area contributed by atoms with Crippen LogP contribution in [-0.2, 0) is 0 Å². The number of nitrogens with zero attached hydrogens (tertiary/aromatic N) is 2. The van der Waals surface area contributed by atoms with Gasteiger partial charge in [-0.2, -0.15) is 13.2 Å². The number of amides is 2. The Morgan fingerprint density at radius 3 is 2.48 bits per heavy atom. The molecule has 1 saturated heterocycles. The number of halogens is 3. The molecule has 2 amide bonds. The second-order valence-corrected chi connectivity index (χ2v) is 5.24. The van der Waals surface area contributed by atoms with Gasteiger partial charge >= 0.3 is 12.2 Å². The first-order chi connectivity index (χ1) is 10.9. The molecule has 0 bridgehead atoms. The Labute approximate surface area is 133 Å². The molecule has 1 aliphatic heterocycles. The van der Waals surface area contributed by atoms with Crippen LogP contribution in [0, 0.1) is 0 Å². The van der Waals surface area contributed by atoms with E-state index in [0.717, 1.165) is 0 Å². The molecule has 0 aromatic heterocycles. The molecule has 5 nitrogen and oxygen atoms in total. The molecule has 128 valence electrons. The summed E-state index contributed by atoms with van der Waals surface area (Å²) in [6, 6.07) is 6.72. The molecule has 0 aliphatic carbocycles. The van der Waals surface area contributed by atoms with Crippen molar-refractivity contribution < 1.29 is 22.7 Å². The summed E-state index contributed by atoms with van der Waals surface area (Å²) < 4.78 is 42.5. The average molecular weight is 331 g/mol. The van der Waals surface area contributed by atoms with E-state index in [-0.39, 0.29) is 32.2 Å². The number of rotatable bonds is 4. The Morgan fingerprint density at radius 2 is 1.87 bits per heavy atom. The number of urea groups is 1. The number of hydrogen-bond acceptors (Lipinski definition) is 3. The van der Waals surface area contributed by atoms with Crippen LogP contribution in [0.5, 0.6) is 5.75 Å². The number of carbonyl (C=O) groups is 1. The maximum atomic E-state index is 12.4. The number of para-hydroxylation sites is 2. The van der Waals surface area contributed by atoms with Crippen molar-refractivity contribution in [3.05, 3.63) is 24.3 Å². The fraction of sp³-hybridized carbons (Fsp3) is 0.533. The van der Waals surface area contributed by atoms with E-state index in [9.17, 15) is 18.0 Å². The Balaban J connectivity index is 1.88. The lowest BCUT2D eigenvalue weighted by molar-refractivity contribution is -0.148. The molecule has 1 aromatic carbocycles. The van der Waals surface area contributed by atoms with Crippen molar-refractivity contribution in [3.8, 4) is 5.75 Å². The second-order valence-electron chi connectivity index (χ2n) is 5.24. The van der Waals surface area contributed by atoms with Gasteiger partial charge in [-0.25, -0.2) is 4.79 Å². The summed E-state index contributed by atoms with van der Waals surface area (Å²) in [6.45, 7) is 2.33. The fourth-order valence-corrected chi connectivity index (χ4v) is 2.41. The highest BCUT2D eigenvalue weighted by Gasteiger charge is 2.32. The molecule has 0 spiro atoms. The number of benzene rings is 1. The number of carbonyl (C=O) groups excluding carboxylic acids is 1. The van der Waals surface area contributed by atoms with Gasteiger partial charge in [-0.3, -0.25) is 4.90 Å². The number of hydrogen-bond donors (Lipinski definition) is 1. The van der Waals surface area contributed by atoms with Gasteiger partial charge < -0.3 is 15.0 Å². The van der Waals surface area contributed by atoms with E-state index in [4.69, 9.17) is 4.74 Å². The van der Waals surface area contributed by atoms with Crippen LogP contribution in [0.25, 0.3) is 0 Å². The van der Waals surface area contributed by atoms with Crippen LogP contribution in [0.1, 0.15) is 6.92 Å². The van der Waals surface area contributed by atoms with E-state index in [1.807, 2.05) is 6.92 Å². The molecule has 1 aliphatic rings. The van der Waals surface area contributed by atoms with Crippen LogP contribution in [0.3, 0.4) is 0 Å². The first-order valence-electron chi connectivity index (χ1n) is 7.46. The van der Waals surface area contributed by atoms with E-state index in [1.54, 1.807) is 24.3 Å². The van der Waals surface area contributed by atoms with E-state index in [1.165, 1.54) is 9.80 Å². The monoisotopic (exact) mass is 331 g/mol. The van der Waals surface area contributed by atoms with Gasteiger partial charge in [0.05, 0.1) is 18.8 Å². The van der Waals surface area contributed by atoms with Crippen molar-refractivity contribution in [2.45, 2.75) is 13.1 Å². The molecule has 0 saturated carbocycles. The number of nitrogens with one attached hydrogen (secondary N) is 1. The molecule has 0 atom stereocenters. The zero-order valence-electron chi connectivity index (χ0n) is 12.9. The third-order valence-corrected chi connectivity index (χ3v) is 3.49. The fourth-order valence-electron chi connectivity index (χ4n) is 2.41. The standard InChI is InChI=1S/C15H20F3N3O2/c1-2-23-13-6-4-3-5-12(13)19-14(22)21-9-7-20(8-10-21)11-15(16,17)18/h3-6H,2,7-11H2,1H3,(H,19,22). The summed E-state index contributed by atoms with van der Waals surface area (Å²) in [5, 5.41) is 2.75. The number of alkyl halides is 3. The first kappa shape index (κ1) is 17.4. The maximum Gasteiger partial charge on any atom is 0.401 e. The third-order valence-electron chi connectivity index (χ3n) is 3.49. The van der Waals surface area contributed by atoms with Gasteiger partial charge in [0, 0.05) is 26.2 Å². The molecule has 1 N–H and O–H groups in total. The normalized spacial score (nSPS) is 16.3. The second kappa shape index (κ2) is 7.54. The van der Waals surface area contributed by atoms with Crippen LogP contribution in [0.2, 0.25) is 0 Å². The Bertz CT molecular complexity index is 529. The van der Waals surface area contributed by atoms with Gasteiger partial charge in [0.25, 0.3) is 0 Å². The van der Waals surface area contributed by atoms with Gasteiger partial charge in [0.15, 0.2) is 0 Å².